The van der Waals surface area contributed by atoms with E-state index < -0.39 is 18.9 Å². The SMILES string of the molecule is NCC(=O)NCc1cn(CC(=O)C[C@H]2Cc3cccc(C(=O)O)c3OB2O)nn1. The van der Waals surface area contributed by atoms with Crippen molar-refractivity contribution in [1.29, 1.82) is 0 Å². The molecule has 29 heavy (non-hydrogen) atoms. The number of aromatic nitrogens is 3. The number of para-hydroxylation sites is 1. The number of carboxylic acids is 1. The molecule has 0 bridgehead atoms. The van der Waals surface area contributed by atoms with Gasteiger partial charge in [-0.2, -0.15) is 0 Å². The lowest BCUT2D eigenvalue weighted by molar-refractivity contribution is -0.120. The first-order valence-corrected chi connectivity index (χ1v) is 8.94. The zero-order chi connectivity index (χ0) is 21.0. The van der Waals surface area contributed by atoms with Gasteiger partial charge in [-0.3, -0.25) is 9.59 Å². The minimum absolute atomic E-state index is 0.0248. The van der Waals surface area contributed by atoms with E-state index in [0.29, 0.717) is 17.7 Å². The molecule has 0 fully saturated rings. The summed E-state index contributed by atoms with van der Waals surface area (Å²) in [6.07, 6.45) is 1.88. The molecule has 0 radical (unpaired) electrons. The molecule has 12 heteroatoms. The van der Waals surface area contributed by atoms with E-state index in [2.05, 4.69) is 15.6 Å². The van der Waals surface area contributed by atoms with E-state index in [4.69, 9.17) is 10.4 Å². The molecule has 1 amide bonds. The number of carbonyl (C=O) groups is 3. The Morgan fingerprint density at radius 3 is 2.90 bits per heavy atom. The average Bonchev–Trinajstić information content (AvgIpc) is 3.13. The summed E-state index contributed by atoms with van der Waals surface area (Å²) in [5.74, 6) is -2.04. The molecule has 3 rings (SSSR count). The molecule has 1 aliphatic rings. The average molecular weight is 401 g/mol. The molecule has 11 nitrogen and oxygen atoms in total. The summed E-state index contributed by atoms with van der Waals surface area (Å²) in [6, 6.07) is 4.71. The molecule has 152 valence electrons. The van der Waals surface area contributed by atoms with E-state index in [-0.39, 0.29) is 49.1 Å². The summed E-state index contributed by atoms with van der Waals surface area (Å²) in [7, 11) is -1.29. The number of benzene rings is 1. The van der Waals surface area contributed by atoms with Crippen LogP contribution in [0.4, 0.5) is 0 Å². The summed E-state index contributed by atoms with van der Waals surface area (Å²) in [5.41, 5.74) is 6.29. The third-order valence-electron chi connectivity index (χ3n) is 4.52. The van der Waals surface area contributed by atoms with Gasteiger partial charge in [0, 0.05) is 12.2 Å². The zero-order valence-electron chi connectivity index (χ0n) is 15.4. The predicted octanol–water partition coefficient (Wildman–Crippen LogP) is -1.00. The van der Waals surface area contributed by atoms with Crippen LogP contribution in [-0.4, -0.2) is 56.4 Å². The van der Waals surface area contributed by atoms with Crippen LogP contribution in [0.3, 0.4) is 0 Å². The Hall–Kier alpha value is -3.25. The Morgan fingerprint density at radius 1 is 1.38 bits per heavy atom. The van der Waals surface area contributed by atoms with E-state index in [1.54, 1.807) is 12.1 Å². The Kier molecular flexibility index (Phi) is 6.24. The molecular formula is C17H20BN5O6. The highest BCUT2D eigenvalue weighted by atomic mass is 16.5. The van der Waals surface area contributed by atoms with Crippen LogP contribution in [0.1, 0.15) is 28.0 Å². The second-order valence-electron chi connectivity index (χ2n) is 6.70. The molecule has 1 atom stereocenters. The number of ketones is 1. The lowest BCUT2D eigenvalue weighted by Crippen LogP contribution is -2.36. The van der Waals surface area contributed by atoms with E-state index in [0.717, 1.165) is 0 Å². The molecule has 1 aromatic heterocycles. The highest BCUT2D eigenvalue weighted by Crippen LogP contribution is 2.36. The largest absolute Gasteiger partial charge is 0.535 e. The highest BCUT2D eigenvalue weighted by Gasteiger charge is 2.37. The minimum atomic E-state index is -1.29. The van der Waals surface area contributed by atoms with Crippen molar-refractivity contribution in [3.63, 3.8) is 0 Å². The first-order valence-electron chi connectivity index (χ1n) is 8.94. The smallest absolute Gasteiger partial charge is 0.526 e. The third-order valence-corrected chi connectivity index (χ3v) is 4.52. The first-order chi connectivity index (χ1) is 13.9. The number of rotatable bonds is 8. The van der Waals surface area contributed by atoms with Crippen molar-refractivity contribution in [3.05, 3.63) is 41.2 Å². The third kappa shape index (κ3) is 4.98. The topological polar surface area (TPSA) is 170 Å². The number of carboxylic acid groups (broad SMARTS) is 1. The number of amides is 1. The van der Waals surface area contributed by atoms with Gasteiger partial charge in [0.25, 0.3) is 0 Å². The molecule has 0 unspecified atom stereocenters. The van der Waals surface area contributed by atoms with Crippen molar-refractivity contribution in [2.45, 2.75) is 31.7 Å². The van der Waals surface area contributed by atoms with E-state index in [1.807, 2.05) is 0 Å². The molecule has 0 saturated carbocycles. The summed E-state index contributed by atoms with van der Waals surface area (Å²) in [4.78, 5) is 34.8. The second-order valence-corrected chi connectivity index (χ2v) is 6.70. The number of Topliss-reactive ketones (excluding diaryl/α,β-unsaturated/α-hetero) is 1. The minimum Gasteiger partial charge on any atom is -0.535 e. The molecule has 0 saturated heterocycles. The van der Waals surface area contributed by atoms with Crippen LogP contribution in [-0.2, 0) is 29.1 Å². The van der Waals surface area contributed by atoms with Crippen molar-refractivity contribution >= 4 is 24.8 Å². The Labute approximate surface area is 166 Å². The monoisotopic (exact) mass is 401 g/mol. The standard InChI is InChI=1S/C17H20BN5O6/c19-6-15(25)20-7-12-8-23(22-21-12)9-13(24)5-11-4-10-2-1-3-14(17(26)27)16(10)29-18(11)28/h1-3,8,11,28H,4-7,9,19H2,(H,20,25)(H,26,27)/t11-/m1/s1. The molecule has 1 aromatic carbocycles. The number of nitrogens with zero attached hydrogens (tertiary/aromatic N) is 3. The molecule has 5 N–H and O–H groups in total. The van der Waals surface area contributed by atoms with Gasteiger partial charge in [0.15, 0.2) is 5.78 Å². The van der Waals surface area contributed by atoms with Crippen molar-refractivity contribution in [2.75, 3.05) is 6.54 Å². The normalized spacial score (nSPS) is 15.4. The van der Waals surface area contributed by atoms with Gasteiger partial charge in [-0.05, 0) is 18.1 Å². The van der Waals surface area contributed by atoms with Gasteiger partial charge < -0.3 is 25.8 Å². The summed E-state index contributed by atoms with van der Waals surface area (Å²) in [6.45, 7) is -0.0271. The molecular weight excluding hydrogens is 381 g/mol. The number of fused-ring (bicyclic) bond motifs is 1. The zero-order valence-corrected chi connectivity index (χ0v) is 15.4. The van der Waals surface area contributed by atoms with Crippen LogP contribution < -0.4 is 15.7 Å². The number of aromatic carboxylic acids is 1. The molecule has 2 heterocycles. The Morgan fingerprint density at radius 2 is 2.17 bits per heavy atom. The van der Waals surface area contributed by atoms with Crippen LogP contribution in [0.5, 0.6) is 5.75 Å². The van der Waals surface area contributed by atoms with Crippen LogP contribution in [0.25, 0.3) is 0 Å². The number of hydrogen-bond donors (Lipinski definition) is 4. The van der Waals surface area contributed by atoms with Crippen molar-refractivity contribution < 1.29 is 29.2 Å². The molecule has 2 aromatic rings. The number of carbonyl (C=O) groups excluding carboxylic acids is 2. The van der Waals surface area contributed by atoms with Gasteiger partial charge in [-0.25, -0.2) is 9.48 Å². The van der Waals surface area contributed by atoms with Crippen LogP contribution >= 0.6 is 0 Å². The lowest BCUT2D eigenvalue weighted by Gasteiger charge is -2.27. The van der Waals surface area contributed by atoms with Gasteiger partial charge in [-0.15, -0.1) is 5.10 Å². The highest BCUT2D eigenvalue weighted by molar-refractivity contribution is 6.47. The van der Waals surface area contributed by atoms with Crippen molar-refractivity contribution in [1.82, 2.24) is 20.3 Å². The van der Waals surface area contributed by atoms with Gasteiger partial charge in [0.1, 0.15) is 18.0 Å². The van der Waals surface area contributed by atoms with Gasteiger partial charge in [0.2, 0.25) is 5.91 Å². The summed E-state index contributed by atoms with van der Waals surface area (Å²) >= 11 is 0. The quantitative estimate of drug-likeness (QED) is 0.405. The van der Waals surface area contributed by atoms with E-state index >= 15 is 0 Å². The second kappa shape index (κ2) is 8.84. The fourth-order valence-electron chi connectivity index (χ4n) is 3.12. The van der Waals surface area contributed by atoms with Crippen LogP contribution in [0.15, 0.2) is 24.4 Å². The lowest BCUT2D eigenvalue weighted by atomic mass is 9.64. The van der Waals surface area contributed by atoms with Crippen LogP contribution in [0, 0.1) is 0 Å². The maximum absolute atomic E-state index is 12.4. The van der Waals surface area contributed by atoms with E-state index in [1.165, 1.54) is 16.9 Å². The van der Waals surface area contributed by atoms with Crippen LogP contribution in [0.2, 0.25) is 5.82 Å². The predicted molar refractivity (Wildman–Crippen MR) is 100 cm³/mol. The Balaban J connectivity index is 1.59. The van der Waals surface area contributed by atoms with Gasteiger partial charge in [0.05, 0.1) is 24.8 Å². The molecule has 0 aliphatic carbocycles. The molecule has 0 spiro atoms. The molecule has 1 aliphatic heterocycles. The fraction of sp³-hybridized carbons (Fsp3) is 0.353. The first kappa shape index (κ1) is 20.5. The number of nitrogens with two attached hydrogens (primary N) is 1. The maximum atomic E-state index is 12.4. The van der Waals surface area contributed by atoms with Gasteiger partial charge >= 0.3 is 13.1 Å². The van der Waals surface area contributed by atoms with E-state index in [9.17, 15) is 24.5 Å². The number of nitrogens with one attached hydrogen (secondary N) is 1. The number of hydrogen-bond acceptors (Lipinski definition) is 8. The summed E-state index contributed by atoms with van der Waals surface area (Å²) in [5, 5.41) is 29.7. The van der Waals surface area contributed by atoms with Crippen molar-refractivity contribution in [3.8, 4) is 5.75 Å². The van der Waals surface area contributed by atoms with Gasteiger partial charge in [-0.1, -0.05) is 17.3 Å². The Bertz CT molecular complexity index is 933. The van der Waals surface area contributed by atoms with Crippen molar-refractivity contribution in [2.24, 2.45) is 5.73 Å². The maximum Gasteiger partial charge on any atom is 0.526 e. The fourth-order valence-corrected chi connectivity index (χ4v) is 3.12. The summed E-state index contributed by atoms with van der Waals surface area (Å²) < 4.78 is 6.74.